The molecule has 2 aromatic carbocycles. The van der Waals surface area contributed by atoms with Crippen molar-refractivity contribution in [2.75, 3.05) is 5.32 Å². The van der Waals surface area contributed by atoms with E-state index in [0.29, 0.717) is 18.3 Å². The highest BCUT2D eigenvalue weighted by Crippen LogP contribution is 2.24. The number of aliphatic imine (C=N–C) groups is 1. The molecule has 1 heterocycles. The van der Waals surface area contributed by atoms with Crippen LogP contribution in [0.2, 0.25) is 0 Å². The van der Waals surface area contributed by atoms with Crippen LogP contribution in [0.15, 0.2) is 53.8 Å². The van der Waals surface area contributed by atoms with Crippen molar-refractivity contribution in [2.24, 2.45) is 10.7 Å². The number of nitrogens with one attached hydrogen (secondary N) is 1. The first kappa shape index (κ1) is 20.2. The van der Waals surface area contributed by atoms with Gasteiger partial charge in [0.05, 0.1) is 6.54 Å². The standard InChI is InChI=1S/C20H21FN6.HI/c21-17-6-1-3-14(9-17)12-27-13-24-19(26-27)11-23-20(22)25-18-8-7-15-4-2-5-16(15)10-18;/h1,3,6-10,13H,2,4-5,11-12H2,(H3,22,23,25);1H. The maximum atomic E-state index is 13.3. The minimum absolute atomic E-state index is 0. The molecule has 0 aliphatic heterocycles. The molecule has 0 fully saturated rings. The van der Waals surface area contributed by atoms with Crippen LogP contribution in [0.1, 0.15) is 28.9 Å². The van der Waals surface area contributed by atoms with Gasteiger partial charge in [0.2, 0.25) is 0 Å². The number of rotatable bonds is 5. The average molecular weight is 492 g/mol. The first-order chi connectivity index (χ1) is 13.2. The van der Waals surface area contributed by atoms with E-state index in [-0.39, 0.29) is 36.3 Å². The molecule has 0 amide bonds. The molecule has 0 unspecified atom stereocenters. The maximum absolute atomic E-state index is 13.3. The molecule has 0 radical (unpaired) electrons. The van der Waals surface area contributed by atoms with E-state index < -0.39 is 0 Å². The maximum Gasteiger partial charge on any atom is 0.193 e. The topological polar surface area (TPSA) is 81.1 Å². The zero-order chi connectivity index (χ0) is 18.6. The van der Waals surface area contributed by atoms with Crippen molar-refractivity contribution in [1.82, 2.24) is 14.8 Å². The summed E-state index contributed by atoms with van der Waals surface area (Å²) < 4.78 is 14.9. The molecule has 6 nitrogen and oxygen atoms in total. The van der Waals surface area contributed by atoms with Crippen LogP contribution in [-0.4, -0.2) is 20.7 Å². The lowest BCUT2D eigenvalue weighted by Crippen LogP contribution is -2.22. The van der Waals surface area contributed by atoms with Gasteiger partial charge in [-0.3, -0.25) is 0 Å². The third-order valence-corrected chi connectivity index (χ3v) is 4.58. The van der Waals surface area contributed by atoms with E-state index >= 15 is 0 Å². The van der Waals surface area contributed by atoms with Crippen LogP contribution < -0.4 is 11.1 Å². The Morgan fingerprint density at radius 1 is 1.18 bits per heavy atom. The fraction of sp³-hybridized carbons (Fsp3) is 0.250. The van der Waals surface area contributed by atoms with Gasteiger partial charge in [0.15, 0.2) is 11.8 Å². The summed E-state index contributed by atoms with van der Waals surface area (Å²) in [5.41, 5.74) is 10.6. The van der Waals surface area contributed by atoms with Crippen LogP contribution in [0.25, 0.3) is 0 Å². The highest BCUT2D eigenvalue weighted by atomic mass is 127. The number of nitrogens with two attached hydrogens (primary N) is 1. The van der Waals surface area contributed by atoms with Crippen LogP contribution >= 0.6 is 24.0 Å². The molecule has 0 bridgehead atoms. The summed E-state index contributed by atoms with van der Waals surface area (Å²) in [6.07, 6.45) is 5.10. The van der Waals surface area contributed by atoms with Gasteiger partial charge in [-0.15, -0.1) is 24.0 Å². The Kier molecular flexibility index (Phi) is 6.61. The van der Waals surface area contributed by atoms with Crippen molar-refractivity contribution in [3.05, 3.63) is 77.1 Å². The lowest BCUT2D eigenvalue weighted by atomic mass is 10.1. The minimum atomic E-state index is -0.261. The first-order valence-corrected chi connectivity index (χ1v) is 8.97. The molecule has 28 heavy (non-hydrogen) atoms. The predicted octanol–water partition coefficient (Wildman–Crippen LogP) is 3.50. The van der Waals surface area contributed by atoms with Crippen molar-refractivity contribution in [2.45, 2.75) is 32.4 Å². The molecule has 0 saturated heterocycles. The van der Waals surface area contributed by atoms with Gasteiger partial charge in [0.1, 0.15) is 18.7 Å². The highest BCUT2D eigenvalue weighted by molar-refractivity contribution is 14.0. The SMILES string of the molecule is I.NC(=NCc1ncn(Cc2cccc(F)c2)n1)Nc1ccc2c(c1)CCC2. The molecule has 8 heteroatoms. The molecular formula is C20H22FIN6. The van der Waals surface area contributed by atoms with Crippen LogP contribution in [0.5, 0.6) is 0 Å². The molecular weight excluding hydrogens is 470 g/mol. The molecule has 146 valence electrons. The first-order valence-electron chi connectivity index (χ1n) is 8.97. The van der Waals surface area contributed by atoms with Gasteiger partial charge < -0.3 is 11.1 Å². The predicted molar refractivity (Wildman–Crippen MR) is 118 cm³/mol. The van der Waals surface area contributed by atoms with Gasteiger partial charge >= 0.3 is 0 Å². The summed E-state index contributed by atoms with van der Waals surface area (Å²) in [5.74, 6) is 0.627. The number of anilines is 1. The summed E-state index contributed by atoms with van der Waals surface area (Å²) in [5, 5.41) is 7.47. The van der Waals surface area contributed by atoms with E-state index in [1.54, 1.807) is 17.1 Å². The van der Waals surface area contributed by atoms with E-state index in [1.165, 1.54) is 29.7 Å². The largest absolute Gasteiger partial charge is 0.370 e. The van der Waals surface area contributed by atoms with E-state index in [1.807, 2.05) is 12.1 Å². The summed E-state index contributed by atoms with van der Waals surface area (Å²) >= 11 is 0. The smallest absolute Gasteiger partial charge is 0.193 e. The summed E-state index contributed by atoms with van der Waals surface area (Å²) in [7, 11) is 0. The van der Waals surface area contributed by atoms with Gasteiger partial charge in [0, 0.05) is 5.69 Å². The van der Waals surface area contributed by atoms with Gasteiger partial charge in [-0.2, -0.15) is 5.10 Å². The Morgan fingerprint density at radius 2 is 2.04 bits per heavy atom. The van der Waals surface area contributed by atoms with Crippen molar-refractivity contribution in [3.63, 3.8) is 0 Å². The van der Waals surface area contributed by atoms with Crippen molar-refractivity contribution in [3.8, 4) is 0 Å². The monoisotopic (exact) mass is 492 g/mol. The Morgan fingerprint density at radius 3 is 2.89 bits per heavy atom. The van der Waals surface area contributed by atoms with Crippen LogP contribution in [0, 0.1) is 5.82 Å². The molecule has 3 N–H and O–H groups in total. The summed E-state index contributed by atoms with van der Waals surface area (Å²) in [6.45, 7) is 0.733. The van der Waals surface area contributed by atoms with E-state index in [9.17, 15) is 4.39 Å². The van der Waals surface area contributed by atoms with Gasteiger partial charge in [-0.25, -0.2) is 19.0 Å². The van der Waals surface area contributed by atoms with Crippen LogP contribution in [0.4, 0.5) is 10.1 Å². The Bertz CT molecular complexity index is 984. The number of nitrogens with zero attached hydrogens (tertiary/aromatic N) is 4. The number of halogens is 2. The second-order valence-electron chi connectivity index (χ2n) is 6.65. The molecule has 0 atom stereocenters. The number of aryl methyl sites for hydroxylation is 2. The number of hydrogen-bond acceptors (Lipinski definition) is 3. The van der Waals surface area contributed by atoms with Crippen LogP contribution in [0.3, 0.4) is 0 Å². The fourth-order valence-corrected chi connectivity index (χ4v) is 3.30. The van der Waals surface area contributed by atoms with E-state index in [4.69, 9.17) is 5.73 Å². The zero-order valence-corrected chi connectivity index (χ0v) is 17.6. The lowest BCUT2D eigenvalue weighted by Gasteiger charge is -2.07. The molecule has 0 spiro atoms. The number of hydrogen-bond donors (Lipinski definition) is 2. The number of guanidine groups is 1. The average Bonchev–Trinajstić information content (AvgIpc) is 3.29. The normalized spacial score (nSPS) is 13.1. The minimum Gasteiger partial charge on any atom is -0.370 e. The summed E-state index contributed by atoms with van der Waals surface area (Å²) in [6, 6.07) is 12.7. The van der Waals surface area contributed by atoms with E-state index in [0.717, 1.165) is 24.1 Å². The Balaban J connectivity index is 0.00000225. The van der Waals surface area contributed by atoms with Gasteiger partial charge in [-0.1, -0.05) is 18.2 Å². The molecule has 1 aromatic heterocycles. The van der Waals surface area contributed by atoms with Crippen molar-refractivity contribution in [1.29, 1.82) is 0 Å². The lowest BCUT2D eigenvalue weighted by molar-refractivity contribution is 0.618. The third kappa shape index (κ3) is 5.06. The van der Waals surface area contributed by atoms with Crippen LogP contribution in [-0.2, 0) is 25.9 Å². The quantitative estimate of drug-likeness (QED) is 0.325. The molecule has 1 aliphatic carbocycles. The second-order valence-corrected chi connectivity index (χ2v) is 6.65. The van der Waals surface area contributed by atoms with Crippen molar-refractivity contribution >= 4 is 35.6 Å². The summed E-state index contributed by atoms with van der Waals surface area (Å²) in [4.78, 5) is 8.53. The molecule has 0 saturated carbocycles. The molecule has 4 rings (SSSR count). The number of benzene rings is 2. The number of aromatic nitrogens is 3. The highest BCUT2D eigenvalue weighted by Gasteiger charge is 2.11. The third-order valence-electron chi connectivity index (χ3n) is 4.58. The van der Waals surface area contributed by atoms with Crippen molar-refractivity contribution < 1.29 is 4.39 Å². The fourth-order valence-electron chi connectivity index (χ4n) is 3.30. The molecule has 1 aliphatic rings. The van der Waals surface area contributed by atoms with E-state index in [2.05, 4.69) is 32.5 Å². The van der Waals surface area contributed by atoms with Gasteiger partial charge in [-0.05, 0) is 60.2 Å². The number of fused-ring (bicyclic) bond motifs is 1. The Labute approximate surface area is 180 Å². The second kappa shape index (κ2) is 9.13. The van der Waals surface area contributed by atoms with Gasteiger partial charge in [0.25, 0.3) is 0 Å². The molecule has 3 aromatic rings. The Hall–Kier alpha value is -2.49. The zero-order valence-electron chi connectivity index (χ0n) is 15.3.